The van der Waals surface area contributed by atoms with Crippen molar-refractivity contribution in [1.82, 2.24) is 10.2 Å². The Morgan fingerprint density at radius 1 is 0.971 bits per heavy atom. The van der Waals surface area contributed by atoms with Crippen LogP contribution in [0.5, 0.6) is 5.75 Å². The highest BCUT2D eigenvalue weighted by Gasteiger charge is 2.30. The summed E-state index contributed by atoms with van der Waals surface area (Å²) in [5.41, 5.74) is 4.74. The van der Waals surface area contributed by atoms with Gasteiger partial charge >= 0.3 is 0 Å². The zero-order chi connectivity index (χ0) is 24.7. The predicted molar refractivity (Wildman–Crippen MR) is 131 cm³/mol. The first-order valence-electron chi connectivity index (χ1n) is 11.3. The van der Waals surface area contributed by atoms with E-state index in [-0.39, 0.29) is 30.8 Å². The number of amides is 2. The maximum Gasteiger partial charge on any atom is 0.261 e. The Labute approximate surface area is 200 Å². The van der Waals surface area contributed by atoms with Gasteiger partial charge in [-0.15, -0.1) is 0 Å². The lowest BCUT2D eigenvalue weighted by atomic mass is 10.0. The Morgan fingerprint density at radius 3 is 2.29 bits per heavy atom. The zero-order valence-corrected chi connectivity index (χ0v) is 20.1. The molecule has 0 aliphatic carbocycles. The highest BCUT2D eigenvalue weighted by atomic mass is 19.1. The molecule has 1 N–H and O–H groups in total. The van der Waals surface area contributed by atoms with Gasteiger partial charge in [0.15, 0.2) is 6.61 Å². The van der Waals surface area contributed by atoms with Crippen LogP contribution in [0, 0.1) is 26.6 Å². The zero-order valence-electron chi connectivity index (χ0n) is 20.1. The van der Waals surface area contributed by atoms with E-state index in [1.54, 1.807) is 19.2 Å². The van der Waals surface area contributed by atoms with E-state index in [9.17, 15) is 14.0 Å². The summed E-state index contributed by atoms with van der Waals surface area (Å²) in [5, 5.41) is 2.68. The van der Waals surface area contributed by atoms with Crippen LogP contribution < -0.4 is 10.1 Å². The third-order valence-electron chi connectivity index (χ3n) is 5.90. The molecule has 3 aromatic carbocycles. The molecule has 0 fully saturated rings. The molecule has 0 aliphatic heterocycles. The lowest BCUT2D eigenvalue weighted by molar-refractivity contribution is -0.142. The predicted octanol–water partition coefficient (Wildman–Crippen LogP) is 4.52. The van der Waals surface area contributed by atoms with Crippen molar-refractivity contribution in [2.24, 2.45) is 0 Å². The number of nitrogens with zero attached hydrogens (tertiary/aromatic N) is 1. The molecule has 0 aromatic heterocycles. The van der Waals surface area contributed by atoms with E-state index in [0.717, 1.165) is 27.8 Å². The summed E-state index contributed by atoms with van der Waals surface area (Å²) in [4.78, 5) is 27.9. The van der Waals surface area contributed by atoms with Crippen molar-refractivity contribution in [1.29, 1.82) is 0 Å². The summed E-state index contributed by atoms with van der Waals surface area (Å²) in [6.07, 6.45) is 0.343. The van der Waals surface area contributed by atoms with Gasteiger partial charge in [0.05, 0.1) is 0 Å². The van der Waals surface area contributed by atoms with Gasteiger partial charge in [-0.3, -0.25) is 9.59 Å². The molecule has 178 valence electrons. The minimum absolute atomic E-state index is 0.152. The molecule has 1 atom stereocenters. The summed E-state index contributed by atoms with van der Waals surface area (Å²) < 4.78 is 19.4. The molecule has 5 nitrogen and oxygen atoms in total. The topological polar surface area (TPSA) is 58.6 Å². The second-order valence-electron chi connectivity index (χ2n) is 8.46. The van der Waals surface area contributed by atoms with Crippen LogP contribution in [0.1, 0.15) is 27.8 Å². The lowest BCUT2D eigenvalue weighted by Crippen LogP contribution is -2.51. The fourth-order valence-electron chi connectivity index (χ4n) is 3.88. The first-order chi connectivity index (χ1) is 16.3. The molecule has 0 radical (unpaired) electrons. The Kier molecular flexibility index (Phi) is 8.41. The molecule has 0 aliphatic rings. The van der Waals surface area contributed by atoms with Crippen LogP contribution in [0.4, 0.5) is 4.39 Å². The number of carbonyl (C=O) groups excluding carboxylic acids is 2. The quantitative estimate of drug-likeness (QED) is 0.509. The van der Waals surface area contributed by atoms with E-state index in [1.807, 2.05) is 57.2 Å². The molecule has 0 heterocycles. The van der Waals surface area contributed by atoms with Gasteiger partial charge < -0.3 is 15.0 Å². The third kappa shape index (κ3) is 6.44. The minimum atomic E-state index is -0.756. The van der Waals surface area contributed by atoms with E-state index in [2.05, 4.69) is 11.4 Å². The van der Waals surface area contributed by atoms with Crippen molar-refractivity contribution >= 4 is 11.8 Å². The molecule has 3 rings (SSSR count). The van der Waals surface area contributed by atoms with E-state index in [4.69, 9.17) is 4.74 Å². The van der Waals surface area contributed by atoms with Crippen LogP contribution in [-0.4, -0.2) is 36.4 Å². The highest BCUT2D eigenvalue weighted by Crippen LogP contribution is 2.24. The van der Waals surface area contributed by atoms with Crippen molar-refractivity contribution in [3.05, 3.63) is 100 Å². The van der Waals surface area contributed by atoms with Crippen molar-refractivity contribution in [2.45, 2.75) is 39.8 Å². The second kappa shape index (κ2) is 11.5. The van der Waals surface area contributed by atoms with Crippen molar-refractivity contribution in [3.8, 4) is 5.75 Å². The summed E-state index contributed by atoms with van der Waals surface area (Å²) >= 11 is 0. The maximum absolute atomic E-state index is 13.5. The first-order valence-corrected chi connectivity index (χ1v) is 11.3. The smallest absolute Gasteiger partial charge is 0.261 e. The van der Waals surface area contributed by atoms with Gasteiger partial charge in [0.1, 0.15) is 17.6 Å². The Hall–Kier alpha value is -3.67. The van der Waals surface area contributed by atoms with Gasteiger partial charge in [0, 0.05) is 20.0 Å². The summed E-state index contributed by atoms with van der Waals surface area (Å²) in [6, 6.07) is 18.7. The number of halogens is 1. The molecule has 0 saturated carbocycles. The number of ether oxygens (including phenoxy) is 1. The Morgan fingerprint density at radius 2 is 1.65 bits per heavy atom. The highest BCUT2D eigenvalue weighted by molar-refractivity contribution is 5.88. The van der Waals surface area contributed by atoms with Crippen LogP contribution in [0.2, 0.25) is 0 Å². The van der Waals surface area contributed by atoms with Gasteiger partial charge in [0.2, 0.25) is 5.91 Å². The SMILES string of the molecule is CNC(=O)C(Cc1ccccc1)N(Cc1ccc(F)cc1)C(=O)COc1cc(C)cc(C)c1C. The second-order valence-corrected chi connectivity index (χ2v) is 8.46. The van der Waals surface area contributed by atoms with E-state index in [1.165, 1.54) is 17.0 Å². The summed E-state index contributed by atoms with van der Waals surface area (Å²) in [5.74, 6) is -0.316. The number of carbonyl (C=O) groups is 2. The number of rotatable bonds is 9. The number of hydrogen-bond donors (Lipinski definition) is 1. The largest absolute Gasteiger partial charge is 0.483 e. The van der Waals surface area contributed by atoms with E-state index in [0.29, 0.717) is 12.2 Å². The maximum atomic E-state index is 13.5. The summed E-state index contributed by atoms with van der Waals surface area (Å²) in [7, 11) is 1.55. The molecule has 6 heteroatoms. The van der Waals surface area contributed by atoms with Gasteiger partial charge in [-0.05, 0) is 66.8 Å². The fourth-order valence-corrected chi connectivity index (χ4v) is 3.88. The monoisotopic (exact) mass is 462 g/mol. The van der Waals surface area contributed by atoms with Crippen LogP contribution in [0.15, 0.2) is 66.7 Å². The van der Waals surface area contributed by atoms with Gasteiger partial charge in [-0.25, -0.2) is 4.39 Å². The molecular formula is C28H31FN2O3. The normalized spacial score (nSPS) is 11.6. The van der Waals surface area contributed by atoms with Crippen LogP contribution >= 0.6 is 0 Å². The van der Waals surface area contributed by atoms with Gasteiger partial charge in [0.25, 0.3) is 5.91 Å². The molecule has 3 aromatic rings. The van der Waals surface area contributed by atoms with Crippen LogP contribution in [-0.2, 0) is 22.6 Å². The number of nitrogens with one attached hydrogen (secondary N) is 1. The minimum Gasteiger partial charge on any atom is -0.483 e. The number of benzene rings is 3. The average molecular weight is 463 g/mol. The average Bonchev–Trinajstić information content (AvgIpc) is 2.83. The molecule has 0 saturated heterocycles. The molecular weight excluding hydrogens is 431 g/mol. The van der Waals surface area contributed by atoms with Crippen molar-refractivity contribution < 1.29 is 18.7 Å². The molecule has 2 amide bonds. The Balaban J connectivity index is 1.89. The molecule has 34 heavy (non-hydrogen) atoms. The standard InChI is InChI=1S/C28H31FN2O3/c1-19-14-20(2)21(3)26(15-19)34-18-27(32)31(17-23-10-12-24(29)13-11-23)25(28(33)30-4)16-22-8-6-5-7-9-22/h5-15,25H,16-18H2,1-4H3,(H,30,33). The van der Waals surface area contributed by atoms with Gasteiger partial charge in [-0.2, -0.15) is 0 Å². The lowest BCUT2D eigenvalue weighted by Gasteiger charge is -2.31. The molecule has 0 bridgehead atoms. The number of aryl methyl sites for hydroxylation is 2. The Bertz CT molecular complexity index is 1130. The van der Waals surface area contributed by atoms with E-state index < -0.39 is 6.04 Å². The van der Waals surface area contributed by atoms with E-state index >= 15 is 0 Å². The first kappa shape index (κ1) is 25.0. The van der Waals surface area contributed by atoms with Crippen LogP contribution in [0.25, 0.3) is 0 Å². The summed E-state index contributed by atoms with van der Waals surface area (Å²) in [6.45, 7) is 5.86. The van der Waals surface area contributed by atoms with Crippen molar-refractivity contribution in [2.75, 3.05) is 13.7 Å². The molecule has 1 unspecified atom stereocenters. The fraction of sp³-hybridized carbons (Fsp3) is 0.286. The molecule has 0 spiro atoms. The van der Waals surface area contributed by atoms with Gasteiger partial charge in [-0.1, -0.05) is 48.5 Å². The van der Waals surface area contributed by atoms with Crippen molar-refractivity contribution in [3.63, 3.8) is 0 Å². The third-order valence-corrected chi connectivity index (χ3v) is 5.90. The number of hydrogen-bond acceptors (Lipinski definition) is 3. The van der Waals surface area contributed by atoms with Crippen LogP contribution in [0.3, 0.4) is 0 Å². The number of likely N-dealkylation sites (N-methyl/N-ethyl adjacent to an activating group) is 1.